The van der Waals surface area contributed by atoms with E-state index in [1.165, 1.54) is 16.7 Å². The van der Waals surface area contributed by atoms with Crippen LogP contribution in [0.3, 0.4) is 0 Å². The van der Waals surface area contributed by atoms with Gasteiger partial charge in [-0.15, -0.1) is 0 Å². The highest BCUT2D eigenvalue weighted by Gasteiger charge is 2.30. The summed E-state index contributed by atoms with van der Waals surface area (Å²) >= 11 is 0. The second-order valence-corrected chi connectivity index (χ2v) is 20.7. The van der Waals surface area contributed by atoms with E-state index in [0.717, 1.165) is 83.6 Å². The van der Waals surface area contributed by atoms with Gasteiger partial charge in [-0.2, -0.15) is 0 Å². The van der Waals surface area contributed by atoms with E-state index in [9.17, 15) is 5.11 Å². The predicted octanol–water partition coefficient (Wildman–Crippen LogP) is 17.5. The number of phenols is 1. The maximum Gasteiger partial charge on any atom is 0.149 e. The molecule has 340 valence electrons. The molecule has 0 fully saturated rings. The van der Waals surface area contributed by atoms with Crippen molar-refractivity contribution in [3.05, 3.63) is 217 Å². The van der Waals surface area contributed by atoms with Crippen molar-refractivity contribution < 1.29 is 5.11 Å². The summed E-state index contributed by atoms with van der Waals surface area (Å²) in [6, 6.07) is 69.1. The van der Waals surface area contributed by atoms with Crippen LogP contribution in [-0.4, -0.2) is 19.6 Å². The van der Waals surface area contributed by atoms with Gasteiger partial charge in [-0.25, -0.2) is 4.98 Å². The third kappa shape index (κ3) is 8.80. The average Bonchev–Trinajstić information content (AvgIpc) is 3.75. The number of hydrogen-bond acceptors (Lipinski definition) is 3. The molecule has 0 radical (unpaired) electrons. The molecule has 69 heavy (non-hydrogen) atoms. The van der Waals surface area contributed by atoms with E-state index in [2.05, 4.69) is 254 Å². The summed E-state index contributed by atoms with van der Waals surface area (Å²) in [6.45, 7) is 17.7. The molecule has 0 bridgehead atoms. The zero-order valence-electron chi connectivity index (χ0n) is 40.9. The predicted molar refractivity (Wildman–Crippen MR) is 290 cm³/mol. The molecule has 2 aromatic heterocycles. The number of benzene rings is 8. The minimum atomic E-state index is -0.335. The van der Waals surface area contributed by atoms with Crippen molar-refractivity contribution in [1.82, 2.24) is 14.5 Å². The minimum absolute atomic E-state index is 0.187. The normalized spacial score (nSPS) is 12.0. The van der Waals surface area contributed by atoms with Gasteiger partial charge in [-0.3, -0.25) is 9.55 Å². The van der Waals surface area contributed by atoms with Gasteiger partial charge >= 0.3 is 0 Å². The van der Waals surface area contributed by atoms with Crippen LogP contribution in [0.2, 0.25) is 0 Å². The number of nitrogens with zero attached hydrogens (tertiary/aromatic N) is 3. The first kappa shape index (κ1) is 45.0. The van der Waals surface area contributed by atoms with Gasteiger partial charge in [0.25, 0.3) is 0 Å². The number of fused-ring (bicyclic) bond motifs is 1. The Morgan fingerprint density at radius 3 is 1.62 bits per heavy atom. The maximum atomic E-state index is 12.7. The Morgan fingerprint density at radius 1 is 0.449 bits per heavy atom. The molecule has 4 heteroatoms. The molecule has 0 saturated carbocycles. The van der Waals surface area contributed by atoms with Crippen LogP contribution in [-0.2, 0) is 10.8 Å². The second-order valence-electron chi connectivity index (χ2n) is 20.7. The summed E-state index contributed by atoms with van der Waals surface area (Å²) in [5.74, 6) is 1.14. The number of para-hydroxylation sites is 2. The fourth-order valence-electron chi connectivity index (χ4n) is 9.66. The van der Waals surface area contributed by atoms with E-state index in [-0.39, 0.29) is 22.5 Å². The average molecular weight is 898 g/mol. The summed E-state index contributed by atoms with van der Waals surface area (Å²) in [4.78, 5) is 10.8. The van der Waals surface area contributed by atoms with E-state index in [1.54, 1.807) is 0 Å². The Morgan fingerprint density at radius 2 is 1.00 bits per heavy atom. The van der Waals surface area contributed by atoms with Gasteiger partial charge < -0.3 is 5.11 Å². The lowest BCUT2D eigenvalue weighted by Gasteiger charge is -2.28. The van der Waals surface area contributed by atoms with E-state index in [4.69, 9.17) is 9.97 Å². The fourth-order valence-corrected chi connectivity index (χ4v) is 9.66. The number of phenolic OH excluding ortho intramolecular Hbond substituents is 1. The largest absolute Gasteiger partial charge is 0.507 e. The molecule has 10 aromatic rings. The number of aromatic hydroxyl groups is 1. The smallest absolute Gasteiger partial charge is 0.149 e. The highest BCUT2D eigenvalue weighted by atomic mass is 16.3. The molecule has 8 aromatic carbocycles. The molecule has 0 saturated heterocycles. The zero-order valence-corrected chi connectivity index (χ0v) is 40.9. The summed E-state index contributed by atoms with van der Waals surface area (Å²) in [6.07, 6.45) is 1.92. The van der Waals surface area contributed by atoms with Crippen LogP contribution in [0.4, 0.5) is 0 Å². The SMILES string of the molecule is CC(C)c1cccc(-c2ccccc2)c1-n1c(-c2cc(C(C)(C)C)cc(C(C)(C)C)c2O)nc2c(-c3cc(-c4ccccc4)cc(-c4cc(-c5ccc(-c6ccccc6)cc5)ccn4)c3)cccc21. The molecule has 2 heterocycles. The van der Waals surface area contributed by atoms with Gasteiger partial charge in [-0.1, -0.05) is 207 Å². The highest BCUT2D eigenvalue weighted by Crippen LogP contribution is 2.47. The molecule has 0 aliphatic carbocycles. The molecular formula is C65H59N3O. The Labute approximate surface area is 407 Å². The van der Waals surface area contributed by atoms with E-state index < -0.39 is 0 Å². The quantitative estimate of drug-likeness (QED) is 0.157. The third-order valence-corrected chi connectivity index (χ3v) is 13.4. The Balaban J connectivity index is 1.24. The third-order valence-electron chi connectivity index (χ3n) is 13.4. The van der Waals surface area contributed by atoms with Crippen molar-refractivity contribution in [2.75, 3.05) is 0 Å². The summed E-state index contributed by atoms with van der Waals surface area (Å²) < 4.78 is 2.33. The molecule has 10 rings (SSSR count). The first-order chi connectivity index (χ1) is 33.2. The molecule has 0 unspecified atom stereocenters. The van der Waals surface area contributed by atoms with Crippen molar-refractivity contribution in [3.63, 3.8) is 0 Å². The standard InChI is InChI=1S/C65H59N3O/c1-42(2)53-26-18-28-55(47-24-16-11-17-25-47)61(53)68-59-29-19-27-54(60(59)67-63(68)56-40-52(64(3,4)5)41-57(62(56)69)65(6,7)8)50-36-49(44-22-14-10-15-23-44)37-51(38-50)58-39-48(34-35-66-58)46-32-30-45(31-33-46)43-20-12-9-13-21-43/h9-42,69H,1-8H3. The van der Waals surface area contributed by atoms with Crippen LogP contribution in [0.25, 0.3) is 95.0 Å². The summed E-state index contributed by atoms with van der Waals surface area (Å²) in [7, 11) is 0. The molecule has 4 nitrogen and oxygen atoms in total. The molecule has 0 aliphatic rings. The molecule has 1 N–H and O–H groups in total. The number of pyridine rings is 1. The Hall–Kier alpha value is -7.82. The fraction of sp³-hybridized carbons (Fsp3) is 0.169. The van der Waals surface area contributed by atoms with Crippen LogP contribution in [0.1, 0.15) is 78.0 Å². The number of imidazole rings is 1. The van der Waals surface area contributed by atoms with E-state index in [1.807, 2.05) is 6.20 Å². The van der Waals surface area contributed by atoms with E-state index >= 15 is 0 Å². The number of hydrogen-bond donors (Lipinski definition) is 1. The van der Waals surface area contributed by atoms with Crippen molar-refractivity contribution in [2.45, 2.75) is 72.1 Å². The monoisotopic (exact) mass is 897 g/mol. The highest BCUT2D eigenvalue weighted by molar-refractivity contribution is 5.99. The molecule has 0 amide bonds. The molecule has 0 atom stereocenters. The second kappa shape index (κ2) is 18.0. The molecule has 0 spiro atoms. The number of rotatable bonds is 9. The van der Waals surface area contributed by atoms with Gasteiger partial charge in [0, 0.05) is 28.5 Å². The lowest BCUT2D eigenvalue weighted by atomic mass is 9.79. The lowest BCUT2D eigenvalue weighted by molar-refractivity contribution is 0.446. The van der Waals surface area contributed by atoms with Crippen LogP contribution in [0, 0.1) is 0 Å². The van der Waals surface area contributed by atoms with E-state index in [0.29, 0.717) is 11.4 Å². The van der Waals surface area contributed by atoms with Gasteiger partial charge in [0.05, 0.1) is 28.0 Å². The Kier molecular flexibility index (Phi) is 11.7. The van der Waals surface area contributed by atoms with Crippen LogP contribution < -0.4 is 0 Å². The van der Waals surface area contributed by atoms with Crippen LogP contribution >= 0.6 is 0 Å². The van der Waals surface area contributed by atoms with Crippen molar-refractivity contribution >= 4 is 11.0 Å². The number of aromatic nitrogens is 3. The van der Waals surface area contributed by atoms with Crippen LogP contribution in [0.15, 0.2) is 200 Å². The summed E-state index contributed by atoms with van der Waals surface area (Å²) in [5, 5.41) is 12.7. The first-order valence-electron chi connectivity index (χ1n) is 24.1. The van der Waals surface area contributed by atoms with Gasteiger partial charge in [0.2, 0.25) is 0 Å². The lowest BCUT2D eigenvalue weighted by Crippen LogP contribution is -2.17. The molecular weight excluding hydrogens is 839 g/mol. The van der Waals surface area contributed by atoms with Crippen molar-refractivity contribution in [3.8, 4) is 89.7 Å². The maximum absolute atomic E-state index is 12.7. The van der Waals surface area contributed by atoms with Gasteiger partial charge in [-0.05, 0) is 115 Å². The van der Waals surface area contributed by atoms with Crippen molar-refractivity contribution in [1.29, 1.82) is 0 Å². The molecule has 0 aliphatic heterocycles. The Bertz CT molecular complexity index is 3460. The topological polar surface area (TPSA) is 50.9 Å². The zero-order chi connectivity index (χ0) is 48.0. The van der Waals surface area contributed by atoms with Crippen molar-refractivity contribution in [2.24, 2.45) is 0 Å². The first-order valence-corrected chi connectivity index (χ1v) is 24.1. The summed E-state index contributed by atoms with van der Waals surface area (Å²) in [5.41, 5.74) is 19.2. The minimum Gasteiger partial charge on any atom is -0.507 e. The van der Waals surface area contributed by atoms with Gasteiger partial charge in [0.15, 0.2) is 0 Å². The van der Waals surface area contributed by atoms with Gasteiger partial charge in [0.1, 0.15) is 11.6 Å². The van der Waals surface area contributed by atoms with Crippen LogP contribution in [0.5, 0.6) is 5.75 Å².